The summed E-state index contributed by atoms with van der Waals surface area (Å²) in [6.07, 6.45) is -0.860. The zero-order valence-corrected chi connectivity index (χ0v) is 22.3. The number of para-hydroxylation sites is 4. The normalized spacial score (nSPS) is 15.6. The highest BCUT2D eigenvalue weighted by molar-refractivity contribution is 6.21. The maximum atomic E-state index is 14.2. The van der Waals surface area contributed by atoms with Crippen molar-refractivity contribution in [2.75, 3.05) is 16.3 Å². The van der Waals surface area contributed by atoms with Crippen molar-refractivity contribution in [2.45, 2.75) is 32.8 Å². The van der Waals surface area contributed by atoms with E-state index >= 15 is 0 Å². The molecule has 0 aliphatic carbocycles. The Labute approximate surface area is 230 Å². The molecular formula is C30H28N4O6. The van der Waals surface area contributed by atoms with E-state index in [0.717, 1.165) is 9.58 Å². The monoisotopic (exact) mass is 540 g/mol. The third-order valence-corrected chi connectivity index (χ3v) is 6.43. The molecule has 10 nitrogen and oxygen atoms in total. The summed E-state index contributed by atoms with van der Waals surface area (Å²) in [5.74, 6) is -3.75. The number of carboxylic acids is 1. The highest BCUT2D eigenvalue weighted by atomic mass is 16.6. The van der Waals surface area contributed by atoms with Crippen molar-refractivity contribution < 1.29 is 29.0 Å². The molecular weight excluding hydrogens is 512 g/mol. The Kier molecular flexibility index (Phi) is 6.85. The van der Waals surface area contributed by atoms with Gasteiger partial charge in [0.1, 0.15) is 18.1 Å². The molecule has 2 amide bonds. The lowest BCUT2D eigenvalue weighted by molar-refractivity contribution is -0.138. The molecule has 3 aromatic carbocycles. The number of rotatable bonds is 5. The summed E-state index contributed by atoms with van der Waals surface area (Å²) in [6.45, 7) is 4.60. The van der Waals surface area contributed by atoms with Crippen LogP contribution in [0, 0.1) is 5.92 Å². The number of carbonyl (C=O) groups excluding carboxylic acids is 3. The highest BCUT2D eigenvalue weighted by Gasteiger charge is 2.42. The van der Waals surface area contributed by atoms with Crippen LogP contribution in [-0.4, -0.2) is 50.9 Å². The Morgan fingerprint density at radius 1 is 0.875 bits per heavy atom. The summed E-state index contributed by atoms with van der Waals surface area (Å²) >= 11 is 0. The first kappa shape index (κ1) is 26.6. The van der Waals surface area contributed by atoms with E-state index in [4.69, 9.17) is 4.74 Å². The lowest BCUT2D eigenvalue weighted by atomic mass is 9.98. The van der Waals surface area contributed by atoms with Crippen LogP contribution < -0.4 is 9.80 Å². The molecule has 1 N–H and O–H groups in total. The van der Waals surface area contributed by atoms with Gasteiger partial charge in [-0.25, -0.2) is 4.79 Å². The number of ether oxygens (including phenoxy) is 1. The molecule has 0 saturated heterocycles. The van der Waals surface area contributed by atoms with Crippen LogP contribution in [0.3, 0.4) is 0 Å². The largest absolute Gasteiger partial charge is 0.480 e. The number of carbonyl (C=O) groups is 4. The number of aromatic nitrogens is 2. The minimum absolute atomic E-state index is 0.165. The van der Waals surface area contributed by atoms with Gasteiger partial charge in [-0.1, -0.05) is 48.5 Å². The number of nitrogens with zero attached hydrogens (tertiary/aromatic N) is 4. The fourth-order valence-corrected chi connectivity index (χ4v) is 4.80. The summed E-state index contributed by atoms with van der Waals surface area (Å²) in [5.41, 5.74) is 1.25. The number of anilines is 3. The maximum Gasteiger partial charge on any atom is 0.435 e. The number of benzene rings is 3. The zero-order chi connectivity index (χ0) is 28.6. The van der Waals surface area contributed by atoms with E-state index in [1.165, 1.54) is 4.90 Å². The smallest absolute Gasteiger partial charge is 0.435 e. The minimum Gasteiger partial charge on any atom is -0.480 e. The first-order valence-corrected chi connectivity index (χ1v) is 12.8. The van der Waals surface area contributed by atoms with Gasteiger partial charge in [0.15, 0.2) is 0 Å². The van der Waals surface area contributed by atoms with Crippen LogP contribution in [0.5, 0.6) is 0 Å². The van der Waals surface area contributed by atoms with Gasteiger partial charge in [0.2, 0.25) is 11.8 Å². The second-order valence-corrected chi connectivity index (χ2v) is 10.4. The number of hydrogen-bond donors (Lipinski definition) is 1. The van der Waals surface area contributed by atoms with Gasteiger partial charge in [-0.15, -0.1) is 0 Å². The molecule has 204 valence electrons. The second kappa shape index (κ2) is 10.3. The Morgan fingerprint density at radius 3 is 2.17 bits per heavy atom. The SMILES string of the molecule is CC(C)(C)OC(=O)n1nc(CC2C(=O)N(CC(=O)O)c3ccccc3N(c3ccccc3)C2=O)c2ccccc21. The summed E-state index contributed by atoms with van der Waals surface area (Å²) in [7, 11) is 0. The van der Waals surface area contributed by atoms with Gasteiger partial charge < -0.3 is 9.84 Å². The molecule has 1 aliphatic heterocycles. The zero-order valence-electron chi connectivity index (χ0n) is 22.3. The van der Waals surface area contributed by atoms with E-state index in [-0.39, 0.29) is 6.42 Å². The van der Waals surface area contributed by atoms with Crippen molar-refractivity contribution in [1.82, 2.24) is 9.78 Å². The lowest BCUT2D eigenvalue weighted by Gasteiger charge is -2.25. The van der Waals surface area contributed by atoms with E-state index in [0.29, 0.717) is 33.7 Å². The molecule has 0 radical (unpaired) electrons. The van der Waals surface area contributed by atoms with Gasteiger partial charge in [0.25, 0.3) is 0 Å². The number of carboxylic acid groups (broad SMARTS) is 1. The van der Waals surface area contributed by atoms with E-state index in [2.05, 4.69) is 5.10 Å². The van der Waals surface area contributed by atoms with E-state index in [1.807, 2.05) is 6.07 Å². The Morgan fingerprint density at radius 2 is 1.50 bits per heavy atom. The van der Waals surface area contributed by atoms with Crippen LogP contribution in [0.1, 0.15) is 26.5 Å². The van der Waals surface area contributed by atoms with E-state index in [9.17, 15) is 24.3 Å². The van der Waals surface area contributed by atoms with Crippen molar-refractivity contribution in [2.24, 2.45) is 5.92 Å². The van der Waals surface area contributed by atoms with Gasteiger partial charge in [-0.2, -0.15) is 9.78 Å². The molecule has 5 rings (SSSR count). The molecule has 0 fully saturated rings. The summed E-state index contributed by atoms with van der Waals surface area (Å²) in [6, 6.07) is 22.5. The van der Waals surface area contributed by atoms with Gasteiger partial charge in [0.05, 0.1) is 22.6 Å². The quantitative estimate of drug-likeness (QED) is 0.362. The predicted molar refractivity (Wildman–Crippen MR) is 149 cm³/mol. The Balaban J connectivity index is 1.64. The number of hydrogen-bond acceptors (Lipinski definition) is 6. The molecule has 2 heterocycles. The topological polar surface area (TPSA) is 122 Å². The van der Waals surface area contributed by atoms with Gasteiger partial charge >= 0.3 is 12.1 Å². The van der Waals surface area contributed by atoms with Crippen molar-refractivity contribution in [3.63, 3.8) is 0 Å². The summed E-state index contributed by atoms with van der Waals surface area (Å²) < 4.78 is 6.65. The third kappa shape index (κ3) is 5.03. The van der Waals surface area contributed by atoms with Crippen molar-refractivity contribution in [3.8, 4) is 0 Å². The first-order valence-electron chi connectivity index (χ1n) is 12.8. The van der Waals surface area contributed by atoms with Gasteiger partial charge in [-0.3, -0.25) is 24.2 Å². The third-order valence-electron chi connectivity index (χ3n) is 6.43. The number of aliphatic carboxylic acids is 1. The highest BCUT2D eigenvalue weighted by Crippen LogP contribution is 2.40. The van der Waals surface area contributed by atoms with E-state index < -0.39 is 41.9 Å². The fourth-order valence-electron chi connectivity index (χ4n) is 4.80. The number of amides is 2. The Bertz CT molecular complexity index is 1620. The number of fused-ring (bicyclic) bond motifs is 2. The van der Waals surface area contributed by atoms with Crippen LogP contribution >= 0.6 is 0 Å². The van der Waals surface area contributed by atoms with Gasteiger partial charge in [-0.05, 0) is 51.1 Å². The molecule has 1 atom stereocenters. The average molecular weight is 541 g/mol. The van der Waals surface area contributed by atoms with Crippen molar-refractivity contribution in [1.29, 1.82) is 0 Å². The molecule has 0 bridgehead atoms. The minimum atomic E-state index is -1.32. The Hall–Kier alpha value is -4.99. The molecule has 4 aromatic rings. The molecule has 1 aliphatic rings. The maximum absolute atomic E-state index is 14.2. The molecule has 1 aromatic heterocycles. The lowest BCUT2D eigenvalue weighted by Crippen LogP contribution is -2.43. The fraction of sp³-hybridized carbons (Fsp3) is 0.233. The van der Waals surface area contributed by atoms with Crippen LogP contribution in [-0.2, 0) is 25.5 Å². The molecule has 1 unspecified atom stereocenters. The van der Waals surface area contributed by atoms with Crippen molar-refractivity contribution >= 4 is 51.8 Å². The first-order chi connectivity index (χ1) is 19.0. The second-order valence-electron chi connectivity index (χ2n) is 10.4. The van der Waals surface area contributed by atoms with E-state index in [1.54, 1.807) is 93.6 Å². The van der Waals surface area contributed by atoms with Gasteiger partial charge in [0, 0.05) is 17.5 Å². The molecule has 40 heavy (non-hydrogen) atoms. The van der Waals surface area contributed by atoms with Crippen LogP contribution in [0.2, 0.25) is 0 Å². The molecule has 10 heteroatoms. The van der Waals surface area contributed by atoms with Crippen molar-refractivity contribution in [3.05, 3.63) is 84.6 Å². The average Bonchev–Trinajstić information content (AvgIpc) is 3.25. The molecule has 0 saturated carbocycles. The summed E-state index contributed by atoms with van der Waals surface area (Å²) in [5, 5.41) is 14.7. The molecule has 0 spiro atoms. The van der Waals surface area contributed by atoms with Crippen LogP contribution in [0.15, 0.2) is 78.9 Å². The van der Waals surface area contributed by atoms with Crippen LogP contribution in [0.4, 0.5) is 21.9 Å². The standard InChI is InChI=1S/C30H28N4O6/c1-30(2,3)40-29(39)34-23-14-8-7-13-20(23)22(31-34)17-21-27(37)32(18-26(35)36)24-15-9-10-16-25(24)33(28(21)38)19-11-5-4-6-12-19/h4-16,21H,17-18H2,1-3H3,(H,35,36). The predicted octanol–water partition coefficient (Wildman–Crippen LogP) is 4.77. The summed E-state index contributed by atoms with van der Waals surface area (Å²) in [4.78, 5) is 55.6. The van der Waals surface area contributed by atoms with Crippen LogP contribution in [0.25, 0.3) is 10.9 Å².